The van der Waals surface area contributed by atoms with Gasteiger partial charge in [-0.15, -0.1) is 0 Å². The molecule has 6 heteroatoms. The Balaban J connectivity index is 0.000000810. The quantitative estimate of drug-likeness (QED) is 0.432. The van der Waals surface area contributed by atoms with Gasteiger partial charge in [0.25, 0.3) is 0 Å². The molecule has 1 aliphatic rings. The summed E-state index contributed by atoms with van der Waals surface area (Å²) in [6.45, 7) is 0. The van der Waals surface area contributed by atoms with Gasteiger partial charge < -0.3 is 12.4 Å². The maximum Gasteiger partial charge on any atom is -1.00 e. The first-order valence-corrected chi connectivity index (χ1v) is 5.71. The zero-order valence-electron chi connectivity index (χ0n) is 4.82. The molecule has 0 bridgehead atoms. The Morgan fingerprint density at radius 2 is 1.40 bits per heavy atom. The van der Waals surface area contributed by atoms with Gasteiger partial charge in [0, 0.05) is 0 Å². The number of carbonyl (C=O) groups excluding carboxylic acids is 2. The second-order valence-electron chi connectivity index (χ2n) is 1.84. The molecule has 0 aromatic rings. The molecule has 0 radical (unpaired) electrons. The molecule has 0 amide bonds. The number of aliphatic hydroxyl groups is 2. The van der Waals surface area contributed by atoms with Gasteiger partial charge >= 0.3 is 61.1 Å². The minimum absolute atomic E-state index is 0. The van der Waals surface area contributed by atoms with Gasteiger partial charge in [0.15, 0.2) is 0 Å². The number of hydrogen-bond acceptors (Lipinski definition) is 4. The molecule has 1 saturated heterocycles. The molecule has 0 spiro atoms. The van der Waals surface area contributed by atoms with Crippen molar-refractivity contribution in [3.8, 4) is 0 Å². The van der Waals surface area contributed by atoms with E-state index in [4.69, 9.17) is 10.2 Å². The van der Waals surface area contributed by atoms with Gasteiger partial charge in [-0.1, -0.05) is 0 Å². The Labute approximate surface area is 73.5 Å². The third-order valence-corrected chi connectivity index (χ3v) is 4.74. The summed E-state index contributed by atoms with van der Waals surface area (Å²) in [5.41, 5.74) is 0. The second kappa shape index (κ2) is 3.67. The van der Waals surface area contributed by atoms with E-state index in [2.05, 4.69) is 0 Å². The monoisotopic (exact) mass is 274 g/mol. The molecule has 10 heavy (non-hydrogen) atoms. The minimum Gasteiger partial charge on any atom is -1.00 e. The Morgan fingerprint density at radius 3 is 1.50 bits per heavy atom. The van der Waals surface area contributed by atoms with Crippen LogP contribution in [-0.4, -0.2) is 51.5 Å². The van der Waals surface area contributed by atoms with Crippen molar-refractivity contribution in [3.63, 3.8) is 0 Å². The summed E-state index contributed by atoms with van der Waals surface area (Å²) in [5, 5.41) is 17.3. The summed E-state index contributed by atoms with van der Waals surface area (Å²) in [6.07, 6.45) is -2.78. The van der Waals surface area contributed by atoms with E-state index < -0.39 is 41.3 Å². The molecule has 0 aliphatic carbocycles. The third-order valence-electron chi connectivity index (χ3n) is 1.17. The van der Waals surface area contributed by atoms with Crippen LogP contribution in [0.4, 0.5) is 0 Å². The van der Waals surface area contributed by atoms with Crippen molar-refractivity contribution in [2.45, 2.75) is 12.2 Å². The van der Waals surface area contributed by atoms with E-state index in [1.54, 1.807) is 0 Å². The van der Waals surface area contributed by atoms with Gasteiger partial charge in [0.2, 0.25) is 0 Å². The molecule has 0 aromatic carbocycles. The van der Waals surface area contributed by atoms with Gasteiger partial charge in [0.1, 0.15) is 0 Å². The van der Waals surface area contributed by atoms with Crippen molar-refractivity contribution in [3.05, 3.63) is 0 Å². The number of halogens is 1. The zero-order valence-corrected chi connectivity index (χ0v) is 8.87. The third kappa shape index (κ3) is 1.70. The van der Waals surface area contributed by atoms with Gasteiger partial charge in [-0.2, -0.15) is 0 Å². The first-order chi connectivity index (χ1) is 4.13. The van der Waals surface area contributed by atoms with E-state index in [1.807, 2.05) is 0 Å². The number of carbonyl (C=O) groups is 2. The first kappa shape index (κ1) is 10.4. The van der Waals surface area contributed by atoms with Gasteiger partial charge in [0.05, 0.1) is 0 Å². The molecule has 0 saturated carbocycles. The molecule has 58 valence electrons. The summed E-state index contributed by atoms with van der Waals surface area (Å²) in [4.78, 5) is 20.9. The fraction of sp³-hybridized carbons (Fsp3) is 0.500. The number of hydrogen-bond donors (Lipinski definition) is 2. The van der Waals surface area contributed by atoms with Crippen LogP contribution < -0.4 is 12.4 Å². The summed E-state index contributed by atoms with van der Waals surface area (Å²) >= 11 is -1.90. The van der Waals surface area contributed by atoms with Gasteiger partial charge in [-0.3, -0.25) is 0 Å². The van der Waals surface area contributed by atoms with Crippen LogP contribution in [0.15, 0.2) is 0 Å². The predicted octanol–water partition coefficient (Wildman–Crippen LogP) is -6.05. The Morgan fingerprint density at radius 1 is 1.10 bits per heavy atom. The fourth-order valence-electron chi connectivity index (χ4n) is 0.622. The van der Waals surface area contributed by atoms with E-state index in [9.17, 15) is 9.59 Å². The molecule has 0 aromatic heterocycles. The van der Waals surface area contributed by atoms with Gasteiger partial charge in [-0.05, 0) is 0 Å². The van der Waals surface area contributed by atoms with Crippen molar-refractivity contribution in [2.75, 3.05) is 0 Å². The molecule has 2 N–H and O–H groups in total. The summed E-state index contributed by atoms with van der Waals surface area (Å²) in [7, 11) is 0. The Kier molecular flexibility index (Phi) is 3.81. The molecule has 1 rings (SSSR count). The molecule has 2 unspecified atom stereocenters. The van der Waals surface area contributed by atoms with Crippen molar-refractivity contribution >= 4 is 29.1 Å². The summed E-state index contributed by atoms with van der Waals surface area (Å²) in [6, 6.07) is 0. The van der Waals surface area contributed by atoms with E-state index >= 15 is 0 Å². The molecule has 2 atom stereocenters. The average molecular weight is 275 g/mol. The van der Waals surface area contributed by atoms with Crippen LogP contribution in [0.3, 0.4) is 0 Å². The van der Waals surface area contributed by atoms with Crippen LogP contribution in [0, 0.1) is 0 Å². The molecule has 4 nitrogen and oxygen atoms in total. The molecular formula is C4H6ClO4Sb. The normalized spacial score (nSPS) is 34.6. The predicted molar refractivity (Wildman–Crippen MR) is 30.6 cm³/mol. The number of aliphatic hydroxyl groups excluding tert-OH is 2. The van der Waals surface area contributed by atoms with E-state index in [1.165, 1.54) is 0 Å². The summed E-state index contributed by atoms with van der Waals surface area (Å²) in [5.74, 6) is 0. The second-order valence-corrected chi connectivity index (χ2v) is 5.91. The zero-order chi connectivity index (χ0) is 7.02. The Bertz CT molecular complexity index is 153. The maximum absolute atomic E-state index is 10.4. The van der Waals surface area contributed by atoms with Crippen molar-refractivity contribution < 1.29 is 32.2 Å². The smallest absolute Gasteiger partial charge is 1.00 e. The van der Waals surface area contributed by atoms with E-state index in [0.29, 0.717) is 0 Å². The van der Waals surface area contributed by atoms with Crippen molar-refractivity contribution in [1.82, 2.24) is 0 Å². The van der Waals surface area contributed by atoms with Crippen LogP contribution in [0.25, 0.3) is 0 Å². The molecule has 1 aliphatic heterocycles. The fourth-order valence-corrected chi connectivity index (χ4v) is 3.44. The first-order valence-electron chi connectivity index (χ1n) is 2.41. The average Bonchev–Trinajstić information content (AvgIpc) is 1.98. The van der Waals surface area contributed by atoms with Crippen LogP contribution in [0.2, 0.25) is 0 Å². The largest absolute Gasteiger partial charge is 1.00 e. The van der Waals surface area contributed by atoms with E-state index in [-0.39, 0.29) is 12.4 Å². The summed E-state index contributed by atoms with van der Waals surface area (Å²) < 4.78 is -0.801. The van der Waals surface area contributed by atoms with Crippen LogP contribution >= 0.6 is 0 Å². The van der Waals surface area contributed by atoms with Crippen molar-refractivity contribution in [1.29, 1.82) is 0 Å². The Hall–Kier alpha value is 0.368. The molecule has 1 heterocycles. The maximum atomic E-state index is 10.4. The van der Waals surface area contributed by atoms with E-state index in [0.717, 1.165) is 0 Å². The molecule has 1 fully saturated rings. The van der Waals surface area contributed by atoms with Crippen LogP contribution in [0.1, 0.15) is 0 Å². The number of rotatable bonds is 0. The van der Waals surface area contributed by atoms with Gasteiger partial charge in [-0.25, -0.2) is 0 Å². The SMILES string of the molecule is O=[C]1[SbH2+][C](=O)C(O)C1O.[Cl-]. The molecular weight excluding hydrogens is 269 g/mol. The van der Waals surface area contributed by atoms with Crippen LogP contribution in [-0.2, 0) is 9.59 Å². The topological polar surface area (TPSA) is 74.6 Å². The van der Waals surface area contributed by atoms with Crippen molar-refractivity contribution in [2.24, 2.45) is 0 Å². The minimum atomic E-state index is -1.90. The standard InChI is InChI=1S/C4H4O4.ClH.Sb.2H/c5-1-3(7)4(8)2-6;;;;/h3-4,7-8H;1H;;;/q;;+1;;/p-1. The van der Waals surface area contributed by atoms with Crippen LogP contribution in [0.5, 0.6) is 0 Å².